The third kappa shape index (κ3) is 3.05. The summed E-state index contributed by atoms with van der Waals surface area (Å²) in [5, 5.41) is 0. The second kappa shape index (κ2) is 8.04. The van der Waals surface area contributed by atoms with Crippen molar-refractivity contribution in [1.29, 1.82) is 0 Å². The molecule has 0 N–H and O–H groups in total. The fourth-order valence-corrected chi connectivity index (χ4v) is 2.16. The number of hydrogen-bond donors (Lipinski definition) is 0. The van der Waals surface area contributed by atoms with E-state index in [9.17, 15) is 14.4 Å². The SMILES string of the molecule is COC(=O)c1c(OC)c(OC)c(C(=O)OC)c(C(=O)OC)c1OC. The van der Waals surface area contributed by atoms with Crippen LogP contribution in [0.25, 0.3) is 0 Å². The van der Waals surface area contributed by atoms with E-state index in [1.54, 1.807) is 0 Å². The van der Waals surface area contributed by atoms with Gasteiger partial charge in [0.05, 0.1) is 42.7 Å². The molecule has 0 aliphatic carbocycles. The van der Waals surface area contributed by atoms with Crippen molar-refractivity contribution in [3.8, 4) is 17.2 Å². The summed E-state index contributed by atoms with van der Waals surface area (Å²) in [6.45, 7) is 0. The van der Waals surface area contributed by atoms with E-state index in [1.165, 1.54) is 21.3 Å². The number of ether oxygens (including phenoxy) is 6. The summed E-state index contributed by atoms with van der Waals surface area (Å²) in [6.07, 6.45) is 0. The smallest absolute Gasteiger partial charge is 0.345 e. The van der Waals surface area contributed by atoms with Crippen LogP contribution in [0.2, 0.25) is 0 Å². The van der Waals surface area contributed by atoms with Crippen molar-refractivity contribution < 1.29 is 42.8 Å². The zero-order valence-electron chi connectivity index (χ0n) is 14.2. The van der Waals surface area contributed by atoms with Crippen LogP contribution >= 0.6 is 0 Å². The van der Waals surface area contributed by atoms with E-state index >= 15 is 0 Å². The lowest BCUT2D eigenvalue weighted by atomic mass is 9.98. The van der Waals surface area contributed by atoms with Crippen LogP contribution in [0.5, 0.6) is 17.2 Å². The van der Waals surface area contributed by atoms with Gasteiger partial charge in [-0.15, -0.1) is 0 Å². The zero-order valence-corrected chi connectivity index (χ0v) is 14.2. The van der Waals surface area contributed by atoms with Gasteiger partial charge >= 0.3 is 17.9 Å². The number of carbonyl (C=O) groups is 3. The van der Waals surface area contributed by atoms with Gasteiger partial charge in [0.25, 0.3) is 0 Å². The number of esters is 3. The molecule has 9 nitrogen and oxygen atoms in total. The molecule has 0 saturated carbocycles. The molecule has 1 aromatic carbocycles. The minimum absolute atomic E-state index is 0.144. The Labute approximate surface area is 138 Å². The van der Waals surface area contributed by atoms with Crippen LogP contribution < -0.4 is 14.2 Å². The molecular formula is C15H18O9. The molecule has 0 unspecified atom stereocenters. The average molecular weight is 342 g/mol. The molecule has 0 spiro atoms. The molecule has 9 heteroatoms. The molecule has 1 rings (SSSR count). The lowest BCUT2D eigenvalue weighted by Crippen LogP contribution is -2.19. The molecule has 0 atom stereocenters. The van der Waals surface area contributed by atoms with Gasteiger partial charge in [0.15, 0.2) is 17.2 Å². The van der Waals surface area contributed by atoms with Crippen molar-refractivity contribution in [1.82, 2.24) is 0 Å². The predicted octanol–water partition coefficient (Wildman–Crippen LogP) is 1.07. The highest BCUT2D eigenvalue weighted by Gasteiger charge is 2.37. The highest BCUT2D eigenvalue weighted by Crippen LogP contribution is 2.45. The van der Waals surface area contributed by atoms with E-state index in [0.717, 1.165) is 21.3 Å². The molecule has 0 aliphatic rings. The van der Waals surface area contributed by atoms with Crippen molar-refractivity contribution in [2.24, 2.45) is 0 Å². The fourth-order valence-electron chi connectivity index (χ4n) is 2.16. The maximum absolute atomic E-state index is 12.2. The van der Waals surface area contributed by atoms with Gasteiger partial charge < -0.3 is 28.4 Å². The minimum Gasteiger partial charge on any atom is -0.495 e. The van der Waals surface area contributed by atoms with E-state index in [0.29, 0.717) is 0 Å². The summed E-state index contributed by atoms with van der Waals surface area (Å²) in [5.41, 5.74) is -0.870. The molecule has 0 saturated heterocycles. The first kappa shape index (κ1) is 19.1. The van der Waals surface area contributed by atoms with Gasteiger partial charge in [-0.2, -0.15) is 0 Å². The number of carbonyl (C=O) groups excluding carboxylic acids is 3. The Morgan fingerprint density at radius 3 is 1.12 bits per heavy atom. The quantitative estimate of drug-likeness (QED) is 0.554. The van der Waals surface area contributed by atoms with E-state index in [4.69, 9.17) is 18.9 Å². The first-order valence-electron chi connectivity index (χ1n) is 6.54. The van der Waals surface area contributed by atoms with Crippen LogP contribution in [0, 0.1) is 0 Å². The van der Waals surface area contributed by atoms with E-state index in [-0.39, 0.29) is 33.9 Å². The highest BCUT2D eigenvalue weighted by atomic mass is 16.5. The lowest BCUT2D eigenvalue weighted by Gasteiger charge is -2.20. The van der Waals surface area contributed by atoms with E-state index in [1.807, 2.05) is 0 Å². The summed E-state index contributed by atoms with van der Waals surface area (Å²) >= 11 is 0. The van der Waals surface area contributed by atoms with Gasteiger partial charge in [-0.3, -0.25) is 0 Å². The highest BCUT2D eigenvalue weighted by molar-refractivity contribution is 6.12. The maximum atomic E-state index is 12.2. The van der Waals surface area contributed by atoms with Gasteiger partial charge in [0.1, 0.15) is 16.7 Å². The van der Waals surface area contributed by atoms with Crippen molar-refractivity contribution in [2.45, 2.75) is 0 Å². The first-order valence-corrected chi connectivity index (χ1v) is 6.54. The Morgan fingerprint density at radius 2 is 0.792 bits per heavy atom. The van der Waals surface area contributed by atoms with Crippen molar-refractivity contribution in [3.05, 3.63) is 16.7 Å². The van der Waals surface area contributed by atoms with E-state index < -0.39 is 17.9 Å². The number of rotatable bonds is 6. The van der Waals surface area contributed by atoms with Gasteiger partial charge in [0.2, 0.25) is 0 Å². The predicted molar refractivity (Wildman–Crippen MR) is 80.1 cm³/mol. The lowest BCUT2D eigenvalue weighted by molar-refractivity contribution is 0.0542. The van der Waals surface area contributed by atoms with Crippen LogP contribution in [0.15, 0.2) is 0 Å². The minimum atomic E-state index is -0.932. The second-order valence-electron chi connectivity index (χ2n) is 4.20. The van der Waals surface area contributed by atoms with Crippen LogP contribution in [-0.4, -0.2) is 60.6 Å². The Bertz CT molecular complexity index is 664. The van der Waals surface area contributed by atoms with Gasteiger partial charge in [-0.05, 0) is 0 Å². The molecule has 0 heterocycles. The topological polar surface area (TPSA) is 107 Å². The summed E-state index contributed by atoms with van der Waals surface area (Å²) in [4.78, 5) is 36.5. The van der Waals surface area contributed by atoms with Crippen molar-refractivity contribution in [3.63, 3.8) is 0 Å². The molecule has 0 fully saturated rings. The van der Waals surface area contributed by atoms with Crippen LogP contribution in [0.3, 0.4) is 0 Å². The Hall–Kier alpha value is -2.97. The molecule has 24 heavy (non-hydrogen) atoms. The molecule has 0 radical (unpaired) electrons. The largest absolute Gasteiger partial charge is 0.495 e. The first-order chi connectivity index (χ1) is 11.4. The normalized spacial score (nSPS) is 9.75. The molecular weight excluding hydrogens is 324 g/mol. The molecule has 0 bridgehead atoms. The number of benzene rings is 1. The zero-order chi connectivity index (χ0) is 18.4. The summed E-state index contributed by atoms with van der Waals surface area (Å²) < 4.78 is 29.5. The molecule has 0 aliphatic heterocycles. The molecule has 1 aromatic rings. The van der Waals surface area contributed by atoms with Crippen LogP contribution in [0.4, 0.5) is 0 Å². The molecule has 0 amide bonds. The Morgan fingerprint density at radius 1 is 0.500 bits per heavy atom. The molecule has 0 aromatic heterocycles. The number of hydrogen-bond acceptors (Lipinski definition) is 9. The van der Waals surface area contributed by atoms with E-state index in [2.05, 4.69) is 9.47 Å². The summed E-state index contributed by atoms with van der Waals surface area (Å²) in [5.74, 6) is -3.28. The van der Waals surface area contributed by atoms with Crippen molar-refractivity contribution >= 4 is 17.9 Å². The van der Waals surface area contributed by atoms with Gasteiger partial charge in [-0.1, -0.05) is 0 Å². The maximum Gasteiger partial charge on any atom is 0.345 e. The average Bonchev–Trinajstić information content (AvgIpc) is 2.63. The summed E-state index contributed by atoms with van der Waals surface area (Å²) in [6, 6.07) is 0. The third-order valence-corrected chi connectivity index (χ3v) is 3.15. The van der Waals surface area contributed by atoms with Crippen LogP contribution in [-0.2, 0) is 14.2 Å². The monoisotopic (exact) mass is 342 g/mol. The Balaban J connectivity index is 4.12. The summed E-state index contributed by atoms with van der Waals surface area (Å²) in [7, 11) is 7.07. The second-order valence-corrected chi connectivity index (χ2v) is 4.20. The standard InChI is InChI=1S/C15H18O9/c1-19-10-7(13(16)22-4)8(14(17)23-5)11(20-2)12(21-3)9(10)15(18)24-6/h1-6H3. The third-order valence-electron chi connectivity index (χ3n) is 3.15. The molecule has 132 valence electrons. The van der Waals surface area contributed by atoms with Gasteiger partial charge in [-0.25, -0.2) is 14.4 Å². The van der Waals surface area contributed by atoms with Gasteiger partial charge in [0, 0.05) is 0 Å². The van der Waals surface area contributed by atoms with Crippen LogP contribution in [0.1, 0.15) is 31.1 Å². The number of methoxy groups -OCH3 is 6. The fraction of sp³-hybridized carbons (Fsp3) is 0.400. The van der Waals surface area contributed by atoms with Crippen molar-refractivity contribution in [2.75, 3.05) is 42.7 Å². The Kier molecular flexibility index (Phi) is 6.39.